The van der Waals surface area contributed by atoms with E-state index in [4.69, 9.17) is 0 Å². The van der Waals surface area contributed by atoms with Crippen LogP contribution in [0.3, 0.4) is 0 Å². The standard InChI is InChI=1S/C21H21N/c1-22(2)21-14-20(18-9-5-6-10-19(18)21)17-12-11-15-7-3-4-8-16(15)13-17/h3-13,20-21H,14H2,1-2H3/t20-,21+/m0/s1. The Balaban J connectivity index is 1.81. The van der Waals surface area contributed by atoms with Gasteiger partial charge in [-0.05, 0) is 48.0 Å². The first-order valence-corrected chi connectivity index (χ1v) is 7.98. The van der Waals surface area contributed by atoms with Crippen LogP contribution in [-0.2, 0) is 0 Å². The predicted molar refractivity (Wildman–Crippen MR) is 93.3 cm³/mol. The number of hydrogen-bond donors (Lipinski definition) is 0. The van der Waals surface area contributed by atoms with Crippen molar-refractivity contribution in [3.8, 4) is 0 Å². The molecule has 0 amide bonds. The van der Waals surface area contributed by atoms with Crippen LogP contribution in [0.2, 0.25) is 0 Å². The van der Waals surface area contributed by atoms with Crippen molar-refractivity contribution in [1.29, 1.82) is 0 Å². The Morgan fingerprint density at radius 3 is 2.23 bits per heavy atom. The summed E-state index contributed by atoms with van der Waals surface area (Å²) in [5.74, 6) is 0.508. The fraction of sp³-hybridized carbons (Fsp3) is 0.238. The van der Waals surface area contributed by atoms with E-state index in [2.05, 4.69) is 85.7 Å². The van der Waals surface area contributed by atoms with Gasteiger partial charge in [0.15, 0.2) is 0 Å². The van der Waals surface area contributed by atoms with Crippen LogP contribution >= 0.6 is 0 Å². The lowest BCUT2D eigenvalue weighted by Gasteiger charge is -2.20. The molecule has 3 aromatic rings. The van der Waals surface area contributed by atoms with E-state index in [0.29, 0.717) is 12.0 Å². The lowest BCUT2D eigenvalue weighted by molar-refractivity contribution is 0.293. The molecule has 1 nitrogen and oxygen atoms in total. The SMILES string of the molecule is CN(C)[C@@H]1C[C@@H](c2ccc3ccccc3c2)c2ccccc21. The summed E-state index contributed by atoms with van der Waals surface area (Å²) < 4.78 is 0. The van der Waals surface area contributed by atoms with Crippen molar-refractivity contribution in [3.05, 3.63) is 83.4 Å². The highest BCUT2D eigenvalue weighted by molar-refractivity contribution is 5.83. The van der Waals surface area contributed by atoms with Gasteiger partial charge in [0, 0.05) is 12.0 Å². The van der Waals surface area contributed by atoms with Gasteiger partial charge in [-0.25, -0.2) is 0 Å². The minimum absolute atomic E-state index is 0.508. The highest BCUT2D eigenvalue weighted by Crippen LogP contribution is 2.46. The first kappa shape index (κ1) is 13.5. The minimum Gasteiger partial charge on any atom is -0.302 e. The molecule has 1 aliphatic rings. The fourth-order valence-corrected chi connectivity index (χ4v) is 3.84. The molecule has 0 spiro atoms. The molecule has 0 fully saturated rings. The van der Waals surface area contributed by atoms with E-state index in [-0.39, 0.29) is 0 Å². The van der Waals surface area contributed by atoms with Crippen molar-refractivity contribution >= 4 is 10.8 Å². The Morgan fingerprint density at radius 1 is 0.773 bits per heavy atom. The van der Waals surface area contributed by atoms with Crippen molar-refractivity contribution in [2.75, 3.05) is 14.1 Å². The normalized spacial score (nSPS) is 20.5. The van der Waals surface area contributed by atoms with E-state index in [0.717, 1.165) is 0 Å². The fourth-order valence-electron chi connectivity index (χ4n) is 3.84. The molecule has 0 aromatic heterocycles. The Bertz CT molecular complexity index is 819. The first-order chi connectivity index (χ1) is 10.7. The van der Waals surface area contributed by atoms with Gasteiger partial charge in [0.1, 0.15) is 0 Å². The van der Waals surface area contributed by atoms with E-state index < -0.39 is 0 Å². The second kappa shape index (κ2) is 5.26. The monoisotopic (exact) mass is 287 g/mol. The molecule has 110 valence electrons. The Morgan fingerprint density at radius 2 is 1.45 bits per heavy atom. The van der Waals surface area contributed by atoms with Gasteiger partial charge in [0.2, 0.25) is 0 Å². The number of benzene rings is 3. The van der Waals surface area contributed by atoms with Gasteiger partial charge >= 0.3 is 0 Å². The van der Waals surface area contributed by atoms with Crippen molar-refractivity contribution in [3.63, 3.8) is 0 Å². The van der Waals surface area contributed by atoms with Crippen LogP contribution < -0.4 is 0 Å². The van der Waals surface area contributed by atoms with Gasteiger partial charge in [-0.3, -0.25) is 0 Å². The smallest absolute Gasteiger partial charge is 0.0354 e. The van der Waals surface area contributed by atoms with Crippen molar-refractivity contribution in [2.45, 2.75) is 18.4 Å². The van der Waals surface area contributed by atoms with E-state index in [9.17, 15) is 0 Å². The van der Waals surface area contributed by atoms with Crippen molar-refractivity contribution in [1.82, 2.24) is 4.90 Å². The maximum Gasteiger partial charge on any atom is 0.0354 e. The summed E-state index contributed by atoms with van der Waals surface area (Å²) in [4.78, 5) is 2.35. The minimum atomic E-state index is 0.508. The quantitative estimate of drug-likeness (QED) is 0.642. The molecule has 1 heteroatoms. The summed E-state index contributed by atoms with van der Waals surface area (Å²) in [5.41, 5.74) is 4.43. The summed E-state index contributed by atoms with van der Waals surface area (Å²) in [7, 11) is 4.37. The zero-order valence-electron chi connectivity index (χ0n) is 13.2. The maximum atomic E-state index is 2.37. The Kier molecular flexibility index (Phi) is 3.24. The van der Waals surface area contributed by atoms with E-state index in [1.54, 1.807) is 0 Å². The van der Waals surface area contributed by atoms with Crippen LogP contribution in [0.4, 0.5) is 0 Å². The van der Waals surface area contributed by atoms with Crippen LogP contribution in [-0.4, -0.2) is 19.0 Å². The van der Waals surface area contributed by atoms with E-state index in [1.165, 1.54) is 33.9 Å². The average Bonchev–Trinajstić information content (AvgIpc) is 2.94. The zero-order chi connectivity index (χ0) is 15.1. The van der Waals surface area contributed by atoms with Gasteiger partial charge in [-0.1, -0.05) is 66.7 Å². The summed E-state index contributed by atoms with van der Waals surface area (Å²) in [6, 6.07) is 25.0. The summed E-state index contributed by atoms with van der Waals surface area (Å²) in [5, 5.41) is 2.66. The average molecular weight is 287 g/mol. The largest absolute Gasteiger partial charge is 0.302 e. The van der Waals surface area contributed by atoms with Gasteiger partial charge in [-0.2, -0.15) is 0 Å². The number of rotatable bonds is 2. The van der Waals surface area contributed by atoms with Crippen LogP contribution in [0.25, 0.3) is 10.8 Å². The number of fused-ring (bicyclic) bond motifs is 2. The van der Waals surface area contributed by atoms with Crippen LogP contribution in [0.5, 0.6) is 0 Å². The number of hydrogen-bond acceptors (Lipinski definition) is 1. The summed E-state index contributed by atoms with van der Waals surface area (Å²) in [6.07, 6.45) is 1.17. The maximum absolute atomic E-state index is 2.37. The summed E-state index contributed by atoms with van der Waals surface area (Å²) in [6.45, 7) is 0. The molecule has 0 unspecified atom stereocenters. The van der Waals surface area contributed by atoms with Gasteiger partial charge in [-0.15, -0.1) is 0 Å². The number of nitrogens with zero attached hydrogens (tertiary/aromatic N) is 1. The molecular weight excluding hydrogens is 266 g/mol. The molecule has 0 radical (unpaired) electrons. The first-order valence-electron chi connectivity index (χ1n) is 7.98. The molecule has 0 heterocycles. The Hall–Kier alpha value is -2.12. The summed E-state index contributed by atoms with van der Waals surface area (Å²) >= 11 is 0. The van der Waals surface area contributed by atoms with Crippen LogP contribution in [0, 0.1) is 0 Å². The molecule has 1 aliphatic carbocycles. The third-order valence-electron chi connectivity index (χ3n) is 4.99. The highest BCUT2D eigenvalue weighted by Gasteiger charge is 2.32. The van der Waals surface area contributed by atoms with Crippen LogP contribution in [0.15, 0.2) is 66.7 Å². The highest BCUT2D eigenvalue weighted by atomic mass is 15.1. The lowest BCUT2D eigenvalue weighted by atomic mass is 9.91. The van der Waals surface area contributed by atoms with E-state index in [1.807, 2.05) is 0 Å². The third-order valence-corrected chi connectivity index (χ3v) is 4.99. The molecular formula is C21H21N. The van der Waals surface area contributed by atoms with Crippen molar-refractivity contribution in [2.24, 2.45) is 0 Å². The Labute approximate surface area is 132 Å². The molecule has 0 aliphatic heterocycles. The predicted octanol–water partition coefficient (Wildman–Crippen LogP) is 4.98. The van der Waals surface area contributed by atoms with E-state index >= 15 is 0 Å². The second-order valence-electron chi connectivity index (χ2n) is 6.50. The van der Waals surface area contributed by atoms with Crippen molar-refractivity contribution < 1.29 is 0 Å². The van der Waals surface area contributed by atoms with Gasteiger partial charge < -0.3 is 4.90 Å². The molecule has 4 rings (SSSR count). The zero-order valence-corrected chi connectivity index (χ0v) is 13.2. The molecule has 0 N–H and O–H groups in total. The molecule has 0 bridgehead atoms. The topological polar surface area (TPSA) is 3.24 Å². The molecule has 3 aromatic carbocycles. The second-order valence-corrected chi connectivity index (χ2v) is 6.50. The molecule has 0 saturated heterocycles. The molecule has 2 atom stereocenters. The van der Waals surface area contributed by atoms with Crippen LogP contribution in [0.1, 0.15) is 35.1 Å². The van der Waals surface area contributed by atoms with Gasteiger partial charge in [0.25, 0.3) is 0 Å². The molecule has 0 saturated carbocycles. The lowest BCUT2D eigenvalue weighted by Crippen LogP contribution is -2.17. The third kappa shape index (κ3) is 2.13. The molecule has 22 heavy (non-hydrogen) atoms. The van der Waals surface area contributed by atoms with Gasteiger partial charge in [0.05, 0.1) is 0 Å².